The lowest BCUT2D eigenvalue weighted by Crippen LogP contribution is -2.48. The fraction of sp³-hybridized carbons (Fsp3) is 0.571. The van der Waals surface area contributed by atoms with E-state index in [0.29, 0.717) is 19.4 Å². The Hall–Kier alpha value is -1.34. The van der Waals surface area contributed by atoms with E-state index in [4.69, 9.17) is 5.26 Å². The van der Waals surface area contributed by atoms with Gasteiger partial charge in [-0.3, -0.25) is 4.79 Å². The van der Waals surface area contributed by atoms with E-state index in [0.717, 1.165) is 12.0 Å². The maximum absolute atomic E-state index is 12.3. The summed E-state index contributed by atoms with van der Waals surface area (Å²) in [5, 5.41) is 12.7. The third-order valence-electron chi connectivity index (χ3n) is 3.28. The zero-order valence-electron chi connectivity index (χ0n) is 11.3. The fourth-order valence-corrected chi connectivity index (χ4v) is 2.45. The van der Waals surface area contributed by atoms with Crippen molar-refractivity contribution in [3.05, 3.63) is 22.4 Å². The Labute approximate surface area is 113 Å². The summed E-state index contributed by atoms with van der Waals surface area (Å²) in [4.78, 5) is 14.2. The second kappa shape index (κ2) is 6.55. The van der Waals surface area contributed by atoms with Gasteiger partial charge in [0.2, 0.25) is 5.91 Å². The van der Waals surface area contributed by atoms with Gasteiger partial charge in [0.05, 0.1) is 18.9 Å². The van der Waals surface area contributed by atoms with E-state index in [-0.39, 0.29) is 11.4 Å². The summed E-state index contributed by atoms with van der Waals surface area (Å²) in [6, 6.07) is 4.09. The molecule has 0 atom stereocenters. The molecule has 0 aliphatic heterocycles. The van der Waals surface area contributed by atoms with Gasteiger partial charge in [0.1, 0.15) is 0 Å². The Morgan fingerprint density at radius 3 is 2.78 bits per heavy atom. The van der Waals surface area contributed by atoms with Gasteiger partial charge in [0, 0.05) is 12.1 Å². The molecule has 0 spiro atoms. The van der Waals surface area contributed by atoms with E-state index in [1.54, 1.807) is 11.3 Å². The van der Waals surface area contributed by atoms with Crippen LogP contribution in [0.15, 0.2) is 16.8 Å². The molecule has 0 saturated carbocycles. The third-order valence-corrected chi connectivity index (χ3v) is 4.01. The van der Waals surface area contributed by atoms with Crippen molar-refractivity contribution in [1.29, 1.82) is 5.26 Å². The van der Waals surface area contributed by atoms with E-state index in [2.05, 4.69) is 26.8 Å². The van der Waals surface area contributed by atoms with Crippen molar-refractivity contribution < 1.29 is 4.79 Å². The largest absolute Gasteiger partial charge is 0.336 e. The first-order chi connectivity index (χ1) is 8.51. The molecule has 1 aromatic heterocycles. The highest BCUT2D eigenvalue weighted by molar-refractivity contribution is 7.07. The maximum atomic E-state index is 12.3. The highest BCUT2D eigenvalue weighted by Crippen LogP contribution is 2.20. The molecule has 1 amide bonds. The number of nitrogens with zero attached hydrogens (tertiary/aromatic N) is 2. The SMILES string of the molecule is CCC(C)(C)N(CCC#N)C(=O)Cc1ccsc1. The van der Waals surface area contributed by atoms with Crippen LogP contribution in [0.2, 0.25) is 0 Å². The van der Waals surface area contributed by atoms with Crippen LogP contribution in [0.3, 0.4) is 0 Å². The molecule has 3 nitrogen and oxygen atoms in total. The zero-order valence-corrected chi connectivity index (χ0v) is 12.1. The summed E-state index contributed by atoms with van der Waals surface area (Å²) >= 11 is 1.60. The van der Waals surface area contributed by atoms with E-state index in [1.165, 1.54) is 0 Å². The molecule has 1 heterocycles. The number of carbonyl (C=O) groups is 1. The van der Waals surface area contributed by atoms with Crippen LogP contribution in [0, 0.1) is 11.3 Å². The standard InChI is InChI=1S/C14H20N2OS/c1-4-14(2,3)16(8-5-7-15)13(17)10-12-6-9-18-11-12/h6,9,11H,4-5,8,10H2,1-3H3. The van der Waals surface area contributed by atoms with Crippen LogP contribution in [-0.2, 0) is 11.2 Å². The van der Waals surface area contributed by atoms with Crippen LogP contribution in [0.5, 0.6) is 0 Å². The molecule has 0 N–H and O–H groups in total. The normalized spacial score (nSPS) is 11.0. The van der Waals surface area contributed by atoms with Gasteiger partial charge in [0.25, 0.3) is 0 Å². The van der Waals surface area contributed by atoms with Crippen LogP contribution < -0.4 is 0 Å². The van der Waals surface area contributed by atoms with Crippen molar-refractivity contribution in [3.63, 3.8) is 0 Å². The molecule has 0 saturated heterocycles. The second-order valence-electron chi connectivity index (χ2n) is 4.93. The molecular formula is C14H20N2OS. The Morgan fingerprint density at radius 1 is 1.56 bits per heavy atom. The quantitative estimate of drug-likeness (QED) is 0.792. The van der Waals surface area contributed by atoms with Crippen molar-refractivity contribution >= 4 is 17.2 Å². The molecule has 0 aromatic carbocycles. The number of hydrogen-bond donors (Lipinski definition) is 0. The summed E-state index contributed by atoms with van der Waals surface area (Å²) in [5.74, 6) is 0.107. The van der Waals surface area contributed by atoms with Crippen LogP contribution in [0.1, 0.15) is 39.2 Å². The fourth-order valence-electron chi connectivity index (χ4n) is 1.78. The van der Waals surface area contributed by atoms with Crippen molar-refractivity contribution in [2.24, 2.45) is 0 Å². The van der Waals surface area contributed by atoms with Gasteiger partial charge in [-0.05, 0) is 42.7 Å². The monoisotopic (exact) mass is 264 g/mol. The first-order valence-corrected chi connectivity index (χ1v) is 7.14. The highest BCUT2D eigenvalue weighted by Gasteiger charge is 2.28. The predicted molar refractivity (Wildman–Crippen MR) is 74.3 cm³/mol. The third kappa shape index (κ3) is 3.85. The van der Waals surface area contributed by atoms with Gasteiger partial charge in [-0.25, -0.2) is 0 Å². The first kappa shape index (κ1) is 14.7. The number of nitriles is 1. The summed E-state index contributed by atoms with van der Waals surface area (Å²) in [5.41, 5.74) is 0.864. The molecule has 18 heavy (non-hydrogen) atoms. The summed E-state index contributed by atoms with van der Waals surface area (Å²) in [6.45, 7) is 6.68. The molecule has 0 bridgehead atoms. The van der Waals surface area contributed by atoms with Gasteiger partial charge in [-0.1, -0.05) is 6.92 Å². The Morgan fingerprint density at radius 2 is 2.28 bits per heavy atom. The molecule has 98 valence electrons. The molecule has 0 radical (unpaired) electrons. The maximum Gasteiger partial charge on any atom is 0.227 e. The zero-order chi connectivity index (χ0) is 13.6. The minimum absolute atomic E-state index is 0.107. The Kier molecular flexibility index (Phi) is 5.36. The Balaban J connectivity index is 2.76. The van der Waals surface area contributed by atoms with Crippen molar-refractivity contribution in [2.45, 2.75) is 45.6 Å². The Bertz CT molecular complexity index is 418. The van der Waals surface area contributed by atoms with E-state index >= 15 is 0 Å². The summed E-state index contributed by atoms with van der Waals surface area (Å²) in [7, 11) is 0. The number of amides is 1. The van der Waals surface area contributed by atoms with Crippen molar-refractivity contribution in [1.82, 2.24) is 4.90 Å². The van der Waals surface area contributed by atoms with Crippen LogP contribution in [0.4, 0.5) is 0 Å². The van der Waals surface area contributed by atoms with Crippen molar-refractivity contribution in [3.8, 4) is 6.07 Å². The van der Waals surface area contributed by atoms with Gasteiger partial charge in [0.15, 0.2) is 0 Å². The number of carbonyl (C=O) groups excluding carboxylic acids is 1. The lowest BCUT2D eigenvalue weighted by atomic mass is 9.98. The first-order valence-electron chi connectivity index (χ1n) is 6.19. The highest BCUT2D eigenvalue weighted by atomic mass is 32.1. The number of rotatable bonds is 6. The molecular weight excluding hydrogens is 244 g/mol. The molecule has 1 aromatic rings. The minimum atomic E-state index is -0.191. The van der Waals surface area contributed by atoms with Gasteiger partial charge < -0.3 is 4.90 Å². The van der Waals surface area contributed by atoms with Gasteiger partial charge >= 0.3 is 0 Å². The van der Waals surface area contributed by atoms with Gasteiger partial charge in [-0.15, -0.1) is 0 Å². The molecule has 0 unspecified atom stereocenters. The summed E-state index contributed by atoms with van der Waals surface area (Å²) in [6.07, 6.45) is 1.70. The van der Waals surface area contributed by atoms with Gasteiger partial charge in [-0.2, -0.15) is 16.6 Å². The predicted octanol–water partition coefficient (Wildman–Crippen LogP) is 3.22. The molecule has 0 fully saturated rings. The second-order valence-corrected chi connectivity index (χ2v) is 5.71. The minimum Gasteiger partial charge on any atom is -0.336 e. The number of hydrogen-bond acceptors (Lipinski definition) is 3. The molecule has 4 heteroatoms. The lowest BCUT2D eigenvalue weighted by molar-refractivity contribution is -0.135. The van der Waals surface area contributed by atoms with E-state index in [1.807, 2.05) is 21.7 Å². The lowest BCUT2D eigenvalue weighted by Gasteiger charge is -2.37. The number of thiophene rings is 1. The van der Waals surface area contributed by atoms with Crippen LogP contribution in [0.25, 0.3) is 0 Å². The smallest absolute Gasteiger partial charge is 0.227 e. The van der Waals surface area contributed by atoms with Crippen LogP contribution in [-0.4, -0.2) is 22.9 Å². The van der Waals surface area contributed by atoms with E-state index in [9.17, 15) is 4.79 Å². The molecule has 0 aliphatic carbocycles. The van der Waals surface area contributed by atoms with Crippen molar-refractivity contribution in [2.75, 3.05) is 6.54 Å². The molecule has 0 aliphatic rings. The topological polar surface area (TPSA) is 44.1 Å². The van der Waals surface area contributed by atoms with E-state index < -0.39 is 0 Å². The van der Waals surface area contributed by atoms with Crippen LogP contribution >= 0.6 is 11.3 Å². The average molecular weight is 264 g/mol. The average Bonchev–Trinajstić information content (AvgIpc) is 2.82. The molecule has 1 rings (SSSR count). The summed E-state index contributed by atoms with van der Waals surface area (Å²) < 4.78 is 0.